The standard InChI is InChI=1S/C17H27N3O2S.ClH/c1-4-5-14(19-16(21)12(2)10-18-3)17(22)20-8-6-15-13(11-20)7-9-23-15;/h7,9,12,14,18H,4-6,8,10-11H2,1-3H3,(H,19,21);1H. The molecule has 2 unspecified atom stereocenters. The Hall–Kier alpha value is -1.11. The SMILES string of the molecule is CCCC(NC(=O)C(C)CNC)C(=O)N1CCc2sccc2C1.Cl. The minimum absolute atomic E-state index is 0. The molecular weight excluding hydrogens is 346 g/mol. The molecule has 0 bridgehead atoms. The van der Waals surface area contributed by atoms with Crippen LogP contribution in [0.25, 0.3) is 0 Å². The number of fused-ring (bicyclic) bond motifs is 1. The first-order valence-corrected chi connectivity index (χ1v) is 9.23. The van der Waals surface area contributed by atoms with Crippen molar-refractivity contribution in [2.45, 2.75) is 45.7 Å². The molecule has 2 amide bonds. The lowest BCUT2D eigenvalue weighted by molar-refractivity contribution is -0.138. The van der Waals surface area contributed by atoms with Crippen LogP contribution >= 0.6 is 23.7 Å². The van der Waals surface area contributed by atoms with Crippen LogP contribution in [0.1, 0.15) is 37.1 Å². The van der Waals surface area contributed by atoms with E-state index in [1.807, 2.05) is 25.8 Å². The zero-order valence-electron chi connectivity index (χ0n) is 14.6. The van der Waals surface area contributed by atoms with E-state index < -0.39 is 6.04 Å². The molecule has 1 aliphatic rings. The van der Waals surface area contributed by atoms with E-state index in [-0.39, 0.29) is 30.1 Å². The van der Waals surface area contributed by atoms with Crippen molar-refractivity contribution in [3.05, 3.63) is 21.9 Å². The van der Waals surface area contributed by atoms with Gasteiger partial charge in [0.1, 0.15) is 6.04 Å². The fourth-order valence-corrected chi connectivity index (χ4v) is 3.81. The highest BCUT2D eigenvalue weighted by Gasteiger charge is 2.29. The van der Waals surface area contributed by atoms with Gasteiger partial charge >= 0.3 is 0 Å². The van der Waals surface area contributed by atoms with Crippen LogP contribution in [-0.2, 0) is 22.6 Å². The molecule has 2 heterocycles. The van der Waals surface area contributed by atoms with Crippen LogP contribution in [-0.4, -0.2) is 42.9 Å². The summed E-state index contributed by atoms with van der Waals surface area (Å²) >= 11 is 1.76. The Labute approximate surface area is 154 Å². The number of carbonyl (C=O) groups is 2. The van der Waals surface area contributed by atoms with E-state index >= 15 is 0 Å². The van der Waals surface area contributed by atoms with Crippen LogP contribution < -0.4 is 10.6 Å². The van der Waals surface area contributed by atoms with E-state index in [1.165, 1.54) is 10.4 Å². The van der Waals surface area contributed by atoms with Crippen LogP contribution in [0.5, 0.6) is 0 Å². The van der Waals surface area contributed by atoms with E-state index in [0.717, 1.165) is 19.4 Å². The maximum atomic E-state index is 12.8. The number of hydrogen-bond acceptors (Lipinski definition) is 4. The lowest BCUT2D eigenvalue weighted by Crippen LogP contribution is -2.51. The molecule has 5 nitrogen and oxygen atoms in total. The number of nitrogens with one attached hydrogen (secondary N) is 2. The van der Waals surface area contributed by atoms with Gasteiger partial charge in [-0.25, -0.2) is 0 Å². The maximum Gasteiger partial charge on any atom is 0.245 e. The molecule has 136 valence electrons. The highest BCUT2D eigenvalue weighted by Crippen LogP contribution is 2.24. The Morgan fingerprint density at radius 1 is 1.42 bits per heavy atom. The normalized spacial score (nSPS) is 15.9. The molecule has 0 aliphatic carbocycles. The second-order valence-corrected chi connectivity index (χ2v) is 7.19. The Morgan fingerprint density at radius 2 is 2.17 bits per heavy atom. The van der Waals surface area contributed by atoms with E-state index in [1.54, 1.807) is 11.3 Å². The van der Waals surface area contributed by atoms with E-state index in [0.29, 0.717) is 19.5 Å². The van der Waals surface area contributed by atoms with Crippen molar-refractivity contribution < 1.29 is 9.59 Å². The van der Waals surface area contributed by atoms with Gasteiger partial charge in [-0.1, -0.05) is 20.3 Å². The Morgan fingerprint density at radius 3 is 2.83 bits per heavy atom. The molecule has 0 radical (unpaired) electrons. The fourth-order valence-electron chi connectivity index (χ4n) is 2.92. The van der Waals surface area contributed by atoms with Crippen molar-refractivity contribution in [3.63, 3.8) is 0 Å². The molecule has 0 aromatic carbocycles. The summed E-state index contributed by atoms with van der Waals surface area (Å²) in [7, 11) is 1.82. The van der Waals surface area contributed by atoms with Gasteiger partial charge in [0.05, 0.1) is 0 Å². The zero-order chi connectivity index (χ0) is 16.8. The van der Waals surface area contributed by atoms with Gasteiger partial charge in [-0.05, 0) is 36.9 Å². The second-order valence-electron chi connectivity index (χ2n) is 6.19. The van der Waals surface area contributed by atoms with Gasteiger partial charge in [-0.3, -0.25) is 9.59 Å². The molecule has 2 N–H and O–H groups in total. The monoisotopic (exact) mass is 373 g/mol. The molecule has 0 spiro atoms. The van der Waals surface area contributed by atoms with Crippen molar-refractivity contribution in [1.29, 1.82) is 0 Å². The average Bonchev–Trinajstić information content (AvgIpc) is 3.01. The van der Waals surface area contributed by atoms with Crippen molar-refractivity contribution >= 4 is 35.6 Å². The number of nitrogens with zero attached hydrogens (tertiary/aromatic N) is 1. The number of thiophene rings is 1. The molecule has 1 aromatic heterocycles. The maximum absolute atomic E-state index is 12.8. The second kappa shape index (κ2) is 10.0. The molecule has 2 rings (SSSR count). The van der Waals surface area contributed by atoms with Crippen molar-refractivity contribution in [3.8, 4) is 0 Å². The first kappa shape index (κ1) is 20.9. The number of hydrogen-bond donors (Lipinski definition) is 2. The summed E-state index contributed by atoms with van der Waals surface area (Å²) in [6.45, 7) is 5.93. The lowest BCUT2D eigenvalue weighted by atomic mass is 10.0. The third kappa shape index (κ3) is 5.19. The minimum atomic E-state index is -0.410. The molecule has 1 aromatic rings. The smallest absolute Gasteiger partial charge is 0.245 e. The topological polar surface area (TPSA) is 61.4 Å². The predicted molar refractivity (Wildman–Crippen MR) is 101 cm³/mol. The number of carbonyl (C=O) groups excluding carboxylic acids is 2. The van der Waals surface area contributed by atoms with Gasteiger partial charge in [0.25, 0.3) is 0 Å². The predicted octanol–water partition coefficient (Wildman–Crippen LogP) is 2.19. The minimum Gasteiger partial charge on any atom is -0.344 e. The molecule has 24 heavy (non-hydrogen) atoms. The number of amides is 2. The van der Waals surface area contributed by atoms with Crippen LogP contribution in [0.3, 0.4) is 0 Å². The third-order valence-corrected chi connectivity index (χ3v) is 5.29. The molecule has 0 saturated carbocycles. The molecule has 1 aliphatic heterocycles. The molecule has 0 saturated heterocycles. The Kier molecular flexibility index (Phi) is 8.73. The van der Waals surface area contributed by atoms with Crippen LogP contribution in [0.15, 0.2) is 11.4 Å². The summed E-state index contributed by atoms with van der Waals surface area (Å²) in [6.07, 6.45) is 2.47. The van der Waals surface area contributed by atoms with Crippen LogP contribution in [0, 0.1) is 5.92 Å². The average molecular weight is 374 g/mol. The van der Waals surface area contributed by atoms with Crippen molar-refractivity contribution in [2.24, 2.45) is 5.92 Å². The molecular formula is C17H28ClN3O2S. The van der Waals surface area contributed by atoms with Gasteiger partial charge in [0.2, 0.25) is 11.8 Å². The Bertz CT molecular complexity index is 550. The van der Waals surface area contributed by atoms with Gasteiger partial charge in [0, 0.05) is 30.4 Å². The number of rotatable bonds is 7. The fraction of sp³-hybridized carbons (Fsp3) is 0.647. The molecule has 0 fully saturated rings. The highest BCUT2D eigenvalue weighted by molar-refractivity contribution is 7.10. The van der Waals surface area contributed by atoms with Crippen molar-refractivity contribution in [2.75, 3.05) is 20.1 Å². The van der Waals surface area contributed by atoms with E-state index in [4.69, 9.17) is 0 Å². The zero-order valence-corrected chi connectivity index (χ0v) is 16.3. The van der Waals surface area contributed by atoms with Gasteiger partial charge < -0.3 is 15.5 Å². The van der Waals surface area contributed by atoms with E-state index in [2.05, 4.69) is 22.1 Å². The van der Waals surface area contributed by atoms with Gasteiger partial charge in [-0.15, -0.1) is 23.7 Å². The summed E-state index contributed by atoms with van der Waals surface area (Å²) < 4.78 is 0. The van der Waals surface area contributed by atoms with E-state index in [9.17, 15) is 9.59 Å². The molecule has 2 atom stereocenters. The van der Waals surface area contributed by atoms with Crippen molar-refractivity contribution in [1.82, 2.24) is 15.5 Å². The summed E-state index contributed by atoms with van der Waals surface area (Å²) in [4.78, 5) is 28.3. The lowest BCUT2D eigenvalue weighted by Gasteiger charge is -2.31. The first-order chi connectivity index (χ1) is 11.1. The largest absolute Gasteiger partial charge is 0.344 e. The first-order valence-electron chi connectivity index (χ1n) is 8.35. The summed E-state index contributed by atoms with van der Waals surface area (Å²) in [5, 5.41) is 8.04. The Balaban J connectivity index is 0.00000288. The summed E-state index contributed by atoms with van der Waals surface area (Å²) in [5.74, 6) is -0.148. The van der Waals surface area contributed by atoms with Crippen LogP contribution in [0.4, 0.5) is 0 Å². The van der Waals surface area contributed by atoms with Gasteiger partial charge in [-0.2, -0.15) is 0 Å². The summed E-state index contributed by atoms with van der Waals surface area (Å²) in [5.41, 5.74) is 1.25. The van der Waals surface area contributed by atoms with Crippen LogP contribution in [0.2, 0.25) is 0 Å². The number of halogens is 1. The summed E-state index contributed by atoms with van der Waals surface area (Å²) in [6, 6.07) is 1.69. The van der Waals surface area contributed by atoms with Gasteiger partial charge in [0.15, 0.2) is 0 Å². The highest BCUT2D eigenvalue weighted by atomic mass is 35.5. The third-order valence-electron chi connectivity index (χ3n) is 4.27. The molecule has 7 heteroatoms. The quantitative estimate of drug-likeness (QED) is 0.770.